The van der Waals surface area contributed by atoms with Gasteiger partial charge in [-0.05, 0) is 6.08 Å². The highest BCUT2D eigenvalue weighted by Gasteiger charge is 1.83. The molecule has 0 unspecified atom stereocenters. The van der Waals surface area contributed by atoms with Gasteiger partial charge in [-0.3, -0.25) is 0 Å². The van der Waals surface area contributed by atoms with Crippen molar-refractivity contribution in [3.05, 3.63) is 24.0 Å². The van der Waals surface area contributed by atoms with E-state index in [4.69, 9.17) is 5.73 Å². The molecule has 1 aliphatic heterocycles. The van der Waals surface area contributed by atoms with Gasteiger partial charge in [-0.2, -0.15) is 5.11 Å². The molecule has 0 aliphatic carbocycles. The molecule has 0 aromatic rings. The van der Waals surface area contributed by atoms with Crippen LogP contribution in [0.5, 0.6) is 0 Å². The van der Waals surface area contributed by atoms with Crippen molar-refractivity contribution in [1.29, 1.82) is 0 Å². The van der Waals surface area contributed by atoms with E-state index in [1.807, 2.05) is 12.2 Å². The van der Waals surface area contributed by atoms with Gasteiger partial charge in [0, 0.05) is 0 Å². The highest BCUT2D eigenvalue weighted by atomic mass is 15.1. The molecule has 0 amide bonds. The number of azo groups is 1. The predicted octanol–water partition coefficient (Wildman–Crippen LogP) is 0.809. The van der Waals surface area contributed by atoms with Crippen molar-refractivity contribution in [3.63, 3.8) is 0 Å². The molecule has 1 heterocycles. The third-order valence-corrected chi connectivity index (χ3v) is 0.776. The Balaban J connectivity index is 2.73. The van der Waals surface area contributed by atoms with E-state index >= 15 is 0 Å². The second-order valence-corrected chi connectivity index (χ2v) is 1.44. The zero-order chi connectivity index (χ0) is 5.82. The third-order valence-electron chi connectivity index (χ3n) is 0.776. The van der Waals surface area contributed by atoms with Crippen molar-refractivity contribution in [3.8, 4) is 0 Å². The molecule has 0 aromatic heterocycles. The fourth-order valence-corrected chi connectivity index (χ4v) is 0.430. The molecule has 1 aliphatic rings. The maximum Gasteiger partial charge on any atom is 0.145 e. The number of hydrogen-bond acceptors (Lipinski definition) is 3. The Morgan fingerprint density at radius 1 is 1.62 bits per heavy atom. The van der Waals surface area contributed by atoms with Crippen LogP contribution < -0.4 is 5.73 Å². The van der Waals surface area contributed by atoms with Crippen molar-refractivity contribution in [1.82, 2.24) is 0 Å². The molecule has 0 aromatic carbocycles. The molecule has 0 saturated carbocycles. The van der Waals surface area contributed by atoms with Crippen LogP contribution in [0.1, 0.15) is 0 Å². The van der Waals surface area contributed by atoms with Crippen molar-refractivity contribution < 1.29 is 0 Å². The zero-order valence-electron chi connectivity index (χ0n) is 4.41. The van der Waals surface area contributed by atoms with E-state index in [-0.39, 0.29) is 0 Å². The molecule has 0 spiro atoms. The molecule has 1 rings (SSSR count). The van der Waals surface area contributed by atoms with Crippen LogP contribution in [0.3, 0.4) is 0 Å². The molecule has 2 N–H and O–H groups in total. The van der Waals surface area contributed by atoms with E-state index in [0.717, 1.165) is 0 Å². The molecule has 42 valence electrons. The van der Waals surface area contributed by atoms with Gasteiger partial charge in [0.25, 0.3) is 0 Å². The summed E-state index contributed by atoms with van der Waals surface area (Å²) in [6.45, 7) is 0.636. The molecule has 3 heteroatoms. The normalized spacial score (nSPS) is 17.8. The van der Waals surface area contributed by atoms with Crippen LogP contribution in [0.2, 0.25) is 0 Å². The molecular weight excluding hydrogens is 102 g/mol. The van der Waals surface area contributed by atoms with E-state index in [1.54, 1.807) is 6.08 Å². The fourth-order valence-electron chi connectivity index (χ4n) is 0.430. The van der Waals surface area contributed by atoms with Gasteiger partial charge in [0.15, 0.2) is 0 Å². The van der Waals surface area contributed by atoms with Crippen molar-refractivity contribution in [2.75, 3.05) is 6.54 Å². The summed E-state index contributed by atoms with van der Waals surface area (Å²) >= 11 is 0. The van der Waals surface area contributed by atoms with Gasteiger partial charge in [-0.1, -0.05) is 12.2 Å². The van der Waals surface area contributed by atoms with E-state index in [0.29, 0.717) is 12.4 Å². The minimum absolute atomic E-state index is 0.471. The Morgan fingerprint density at radius 3 is 3.38 bits per heavy atom. The van der Waals surface area contributed by atoms with Crippen LogP contribution >= 0.6 is 0 Å². The minimum Gasteiger partial charge on any atom is -0.382 e. The first kappa shape index (κ1) is 5.03. The second-order valence-electron chi connectivity index (χ2n) is 1.44. The SMILES string of the molecule is NC1=CC=CCN=N1. The van der Waals surface area contributed by atoms with Crippen LogP contribution in [0.4, 0.5) is 0 Å². The summed E-state index contributed by atoms with van der Waals surface area (Å²) in [6.07, 6.45) is 5.45. The maximum atomic E-state index is 5.28. The fraction of sp³-hybridized carbons (Fsp3) is 0.200. The molecule has 0 atom stereocenters. The number of nitrogens with two attached hydrogens (primary N) is 1. The lowest BCUT2D eigenvalue weighted by atomic mass is 10.5. The zero-order valence-corrected chi connectivity index (χ0v) is 4.41. The van der Waals surface area contributed by atoms with Gasteiger partial charge >= 0.3 is 0 Å². The molecule has 8 heavy (non-hydrogen) atoms. The topological polar surface area (TPSA) is 50.7 Å². The summed E-state index contributed by atoms with van der Waals surface area (Å²) in [6, 6.07) is 0. The van der Waals surface area contributed by atoms with Crippen LogP contribution in [-0.4, -0.2) is 6.54 Å². The molecular formula is C5H7N3. The highest BCUT2D eigenvalue weighted by molar-refractivity contribution is 5.10. The van der Waals surface area contributed by atoms with Crippen molar-refractivity contribution >= 4 is 0 Å². The molecule has 3 nitrogen and oxygen atoms in total. The molecule has 0 saturated heterocycles. The number of rotatable bonds is 0. The van der Waals surface area contributed by atoms with E-state index in [1.165, 1.54) is 0 Å². The average molecular weight is 109 g/mol. The van der Waals surface area contributed by atoms with E-state index < -0.39 is 0 Å². The summed E-state index contributed by atoms with van der Waals surface area (Å²) in [7, 11) is 0. The van der Waals surface area contributed by atoms with Crippen LogP contribution in [0.25, 0.3) is 0 Å². The molecule has 0 fully saturated rings. The third kappa shape index (κ3) is 1.18. The number of allylic oxidation sites excluding steroid dienone is 2. The summed E-state index contributed by atoms with van der Waals surface area (Å²) < 4.78 is 0. The number of hydrogen-bond donors (Lipinski definition) is 1. The quantitative estimate of drug-likeness (QED) is 0.491. The standard InChI is InChI=1S/C5H7N3/c6-5-3-1-2-4-7-8-5/h1-3H,4,6H2. The Kier molecular flexibility index (Phi) is 1.42. The largest absolute Gasteiger partial charge is 0.382 e. The maximum absolute atomic E-state index is 5.28. The molecule has 0 bridgehead atoms. The summed E-state index contributed by atoms with van der Waals surface area (Å²) in [5.74, 6) is 0.471. The first-order chi connectivity index (χ1) is 3.89. The lowest BCUT2D eigenvalue weighted by Gasteiger charge is -1.80. The van der Waals surface area contributed by atoms with Gasteiger partial charge in [0.05, 0.1) is 6.54 Å². The second kappa shape index (κ2) is 2.26. The lowest BCUT2D eigenvalue weighted by Crippen LogP contribution is -1.89. The van der Waals surface area contributed by atoms with Crippen LogP contribution in [0, 0.1) is 0 Å². The van der Waals surface area contributed by atoms with Gasteiger partial charge < -0.3 is 5.73 Å². The Labute approximate surface area is 47.6 Å². The van der Waals surface area contributed by atoms with Gasteiger partial charge in [0.1, 0.15) is 5.82 Å². The summed E-state index contributed by atoms with van der Waals surface area (Å²) in [5.41, 5.74) is 5.28. The predicted molar refractivity (Wildman–Crippen MR) is 31.1 cm³/mol. The summed E-state index contributed by atoms with van der Waals surface area (Å²) in [4.78, 5) is 0. The van der Waals surface area contributed by atoms with Gasteiger partial charge in [-0.25, -0.2) is 0 Å². The van der Waals surface area contributed by atoms with Gasteiger partial charge in [0.2, 0.25) is 0 Å². The van der Waals surface area contributed by atoms with Gasteiger partial charge in [-0.15, -0.1) is 5.11 Å². The monoisotopic (exact) mass is 109 g/mol. The van der Waals surface area contributed by atoms with Crippen molar-refractivity contribution in [2.24, 2.45) is 16.0 Å². The van der Waals surface area contributed by atoms with E-state index in [9.17, 15) is 0 Å². The smallest absolute Gasteiger partial charge is 0.145 e. The lowest BCUT2D eigenvalue weighted by molar-refractivity contribution is 1.01. The van der Waals surface area contributed by atoms with Crippen LogP contribution in [-0.2, 0) is 0 Å². The van der Waals surface area contributed by atoms with Crippen LogP contribution in [0.15, 0.2) is 34.3 Å². The Morgan fingerprint density at radius 2 is 2.50 bits per heavy atom. The summed E-state index contributed by atoms with van der Waals surface area (Å²) in [5, 5.41) is 7.32. The van der Waals surface area contributed by atoms with E-state index in [2.05, 4.69) is 10.2 Å². The average Bonchev–Trinajstić information content (AvgIpc) is 1.94. The highest BCUT2D eigenvalue weighted by Crippen LogP contribution is 1.93. The Hall–Kier alpha value is -1.12. The minimum atomic E-state index is 0.471. The van der Waals surface area contributed by atoms with Crippen molar-refractivity contribution in [2.45, 2.75) is 0 Å². The first-order valence-corrected chi connectivity index (χ1v) is 2.39. The Bertz CT molecular complexity index is 155. The first-order valence-electron chi connectivity index (χ1n) is 2.39. The molecule has 0 radical (unpaired) electrons. The number of nitrogens with zero attached hydrogens (tertiary/aromatic N) is 2.